The summed E-state index contributed by atoms with van der Waals surface area (Å²) < 4.78 is 19.3. The van der Waals surface area contributed by atoms with Crippen LogP contribution in [0.15, 0.2) is 66.9 Å². The van der Waals surface area contributed by atoms with Crippen LogP contribution in [0.25, 0.3) is 5.57 Å². The molecular weight excluding hydrogens is 445 g/mol. The van der Waals surface area contributed by atoms with Gasteiger partial charge in [0.15, 0.2) is 0 Å². The number of carboxylic acids is 1. The van der Waals surface area contributed by atoms with Gasteiger partial charge in [-0.25, -0.2) is 9.18 Å². The standard InChI is InChI=1S/C28H28FN3O3/c29-21-8-6-20(7-9-21)28(30)11-15-32(16-12-28)14-2-4-22-23-3-1-13-31-25(23)18-35-26-10-5-19(27(33)34)17-24(22)26/h1,3-10,13,17H,2,11-12,14-16,18,30H2,(H,33,34)/b22-4+. The number of aromatic nitrogens is 1. The maximum absolute atomic E-state index is 13.3. The third-order valence-electron chi connectivity index (χ3n) is 7.02. The minimum atomic E-state index is -0.970. The highest BCUT2D eigenvalue weighted by molar-refractivity contribution is 5.92. The fourth-order valence-electron chi connectivity index (χ4n) is 4.95. The maximum Gasteiger partial charge on any atom is 0.335 e. The average molecular weight is 474 g/mol. The first-order valence-electron chi connectivity index (χ1n) is 11.9. The number of halogens is 1. The first kappa shape index (κ1) is 23.2. The molecule has 35 heavy (non-hydrogen) atoms. The van der Waals surface area contributed by atoms with Gasteiger partial charge in [0.2, 0.25) is 0 Å². The van der Waals surface area contributed by atoms with Crippen LogP contribution in [0.5, 0.6) is 5.75 Å². The van der Waals surface area contributed by atoms with Gasteiger partial charge in [0.05, 0.1) is 11.3 Å². The maximum atomic E-state index is 13.3. The van der Waals surface area contributed by atoms with Gasteiger partial charge in [0.1, 0.15) is 18.2 Å². The molecule has 3 aromatic rings. The van der Waals surface area contributed by atoms with Crippen molar-refractivity contribution in [3.05, 3.63) is 101 Å². The van der Waals surface area contributed by atoms with Gasteiger partial charge in [0, 0.05) is 42.5 Å². The van der Waals surface area contributed by atoms with Crippen LogP contribution < -0.4 is 10.5 Å². The number of aromatic carboxylic acids is 1. The highest BCUT2D eigenvalue weighted by Gasteiger charge is 2.32. The lowest BCUT2D eigenvalue weighted by atomic mass is 9.82. The number of nitrogens with two attached hydrogens (primary N) is 1. The van der Waals surface area contributed by atoms with E-state index < -0.39 is 11.5 Å². The molecule has 3 N–H and O–H groups in total. The Kier molecular flexibility index (Phi) is 6.36. The number of likely N-dealkylation sites (tertiary alicyclic amines) is 1. The topological polar surface area (TPSA) is 88.7 Å². The molecule has 3 heterocycles. The fraction of sp³-hybridized carbons (Fsp3) is 0.286. The zero-order valence-corrected chi connectivity index (χ0v) is 19.4. The number of ether oxygens (including phenoxy) is 1. The second-order valence-corrected chi connectivity index (χ2v) is 9.21. The molecule has 0 saturated carbocycles. The van der Waals surface area contributed by atoms with Crippen molar-refractivity contribution in [2.75, 3.05) is 19.6 Å². The number of carboxylic acid groups (broad SMARTS) is 1. The number of carbonyl (C=O) groups is 1. The van der Waals surface area contributed by atoms with Crippen LogP contribution in [0.2, 0.25) is 0 Å². The Labute approximate surface area is 203 Å². The van der Waals surface area contributed by atoms with Crippen LogP contribution in [0, 0.1) is 5.82 Å². The molecule has 180 valence electrons. The van der Waals surface area contributed by atoms with Crippen LogP contribution in [0.4, 0.5) is 4.39 Å². The molecule has 0 atom stereocenters. The Morgan fingerprint density at radius 3 is 2.66 bits per heavy atom. The summed E-state index contributed by atoms with van der Waals surface area (Å²) in [5.74, 6) is -0.562. The second kappa shape index (κ2) is 9.60. The minimum absolute atomic E-state index is 0.224. The van der Waals surface area contributed by atoms with Crippen LogP contribution >= 0.6 is 0 Å². The van der Waals surface area contributed by atoms with Crippen molar-refractivity contribution in [1.82, 2.24) is 9.88 Å². The van der Waals surface area contributed by atoms with E-state index in [2.05, 4.69) is 16.0 Å². The van der Waals surface area contributed by atoms with Gasteiger partial charge >= 0.3 is 5.97 Å². The van der Waals surface area contributed by atoms with E-state index in [9.17, 15) is 14.3 Å². The molecular formula is C28H28FN3O3. The van der Waals surface area contributed by atoms with Crippen LogP contribution in [-0.4, -0.2) is 40.6 Å². The van der Waals surface area contributed by atoms with Gasteiger partial charge < -0.3 is 20.5 Å². The van der Waals surface area contributed by atoms with Crippen LogP contribution in [-0.2, 0) is 12.1 Å². The second-order valence-electron chi connectivity index (χ2n) is 9.21. The number of pyridine rings is 1. The smallest absolute Gasteiger partial charge is 0.335 e. The highest BCUT2D eigenvalue weighted by Crippen LogP contribution is 2.37. The van der Waals surface area contributed by atoms with E-state index in [-0.39, 0.29) is 11.4 Å². The van der Waals surface area contributed by atoms with Crippen LogP contribution in [0.1, 0.15) is 52.0 Å². The van der Waals surface area contributed by atoms with E-state index in [4.69, 9.17) is 10.5 Å². The third kappa shape index (κ3) is 4.83. The first-order chi connectivity index (χ1) is 16.9. The predicted molar refractivity (Wildman–Crippen MR) is 132 cm³/mol. The summed E-state index contributed by atoms with van der Waals surface area (Å²) in [5, 5.41) is 9.51. The van der Waals surface area contributed by atoms with E-state index >= 15 is 0 Å². The van der Waals surface area contributed by atoms with E-state index in [0.29, 0.717) is 12.4 Å². The summed E-state index contributed by atoms with van der Waals surface area (Å²) in [6, 6.07) is 15.4. The quantitative estimate of drug-likeness (QED) is 0.564. The van der Waals surface area contributed by atoms with Crippen molar-refractivity contribution >= 4 is 11.5 Å². The lowest BCUT2D eigenvalue weighted by Crippen LogP contribution is -2.48. The Bertz CT molecular complexity index is 1260. The summed E-state index contributed by atoms with van der Waals surface area (Å²) in [5.41, 5.74) is 11.0. The zero-order chi connectivity index (χ0) is 24.4. The molecule has 6 nitrogen and oxygen atoms in total. The molecule has 2 aromatic carbocycles. The summed E-state index contributed by atoms with van der Waals surface area (Å²) in [4.78, 5) is 18.5. The van der Waals surface area contributed by atoms with Crippen molar-refractivity contribution in [2.45, 2.75) is 31.4 Å². The summed E-state index contributed by atoms with van der Waals surface area (Å²) in [7, 11) is 0. The van der Waals surface area contributed by atoms with Gasteiger partial charge in [-0.05, 0) is 66.8 Å². The molecule has 0 bridgehead atoms. The molecule has 0 aliphatic carbocycles. The number of fused-ring (bicyclic) bond motifs is 2. The molecule has 7 heteroatoms. The van der Waals surface area contributed by atoms with E-state index in [1.54, 1.807) is 36.5 Å². The van der Waals surface area contributed by atoms with E-state index in [1.807, 2.05) is 12.1 Å². The molecule has 1 aromatic heterocycles. The summed E-state index contributed by atoms with van der Waals surface area (Å²) in [6.07, 6.45) is 6.30. The Morgan fingerprint density at radius 2 is 1.91 bits per heavy atom. The molecule has 2 aliphatic heterocycles. The minimum Gasteiger partial charge on any atom is -0.487 e. The lowest BCUT2D eigenvalue weighted by molar-refractivity contribution is 0.0696. The number of benzene rings is 2. The Balaban J connectivity index is 1.33. The van der Waals surface area contributed by atoms with Crippen LogP contribution in [0.3, 0.4) is 0 Å². The van der Waals surface area contributed by atoms with Crippen molar-refractivity contribution in [2.24, 2.45) is 5.73 Å². The summed E-state index contributed by atoms with van der Waals surface area (Å²) >= 11 is 0. The highest BCUT2D eigenvalue weighted by atomic mass is 19.1. The molecule has 0 radical (unpaired) electrons. The van der Waals surface area contributed by atoms with Crippen molar-refractivity contribution < 1.29 is 19.0 Å². The largest absolute Gasteiger partial charge is 0.487 e. The zero-order valence-electron chi connectivity index (χ0n) is 19.4. The molecule has 1 saturated heterocycles. The monoisotopic (exact) mass is 473 g/mol. The number of piperidine rings is 1. The van der Waals surface area contributed by atoms with E-state index in [1.165, 1.54) is 12.1 Å². The SMILES string of the molecule is NC1(c2ccc(F)cc2)CCN(CC/C=C2/c3cc(C(=O)O)ccc3OCc3ncccc32)CC1. The molecule has 5 rings (SSSR count). The number of hydrogen-bond acceptors (Lipinski definition) is 5. The van der Waals surface area contributed by atoms with E-state index in [0.717, 1.165) is 66.9 Å². The van der Waals surface area contributed by atoms with Crippen molar-refractivity contribution in [3.8, 4) is 5.75 Å². The average Bonchev–Trinajstić information content (AvgIpc) is 3.02. The van der Waals surface area contributed by atoms with Gasteiger partial charge in [-0.15, -0.1) is 0 Å². The predicted octanol–water partition coefficient (Wildman–Crippen LogP) is 4.58. The van der Waals surface area contributed by atoms with Gasteiger partial charge in [-0.1, -0.05) is 24.3 Å². The lowest BCUT2D eigenvalue weighted by Gasteiger charge is -2.39. The number of hydrogen-bond donors (Lipinski definition) is 2. The number of rotatable bonds is 5. The van der Waals surface area contributed by atoms with Crippen molar-refractivity contribution in [1.29, 1.82) is 0 Å². The van der Waals surface area contributed by atoms with Gasteiger partial charge in [-0.3, -0.25) is 4.98 Å². The third-order valence-corrected chi connectivity index (χ3v) is 7.02. The summed E-state index contributed by atoms with van der Waals surface area (Å²) in [6.45, 7) is 2.91. The molecule has 0 unspecified atom stereocenters. The normalized spacial score (nSPS) is 18.3. The molecule has 0 spiro atoms. The number of nitrogens with zero attached hydrogens (tertiary/aromatic N) is 2. The fourth-order valence-corrected chi connectivity index (χ4v) is 4.95. The van der Waals surface area contributed by atoms with Gasteiger partial charge in [0.25, 0.3) is 0 Å². The molecule has 0 amide bonds. The molecule has 2 aliphatic rings. The van der Waals surface area contributed by atoms with Crippen molar-refractivity contribution in [3.63, 3.8) is 0 Å². The Hall–Kier alpha value is -3.55. The first-order valence-corrected chi connectivity index (χ1v) is 11.9. The molecule has 1 fully saturated rings. The van der Waals surface area contributed by atoms with Gasteiger partial charge in [-0.2, -0.15) is 0 Å². The Morgan fingerprint density at radius 1 is 1.14 bits per heavy atom.